The number of hydrogen-bond acceptors (Lipinski definition) is 3. The van der Waals surface area contributed by atoms with Gasteiger partial charge in [0.05, 0.1) is 0 Å². The van der Waals surface area contributed by atoms with E-state index in [2.05, 4.69) is 15.7 Å². The van der Waals surface area contributed by atoms with Gasteiger partial charge in [-0.2, -0.15) is 0 Å². The Morgan fingerprint density at radius 3 is 2.78 bits per heavy atom. The molecule has 0 unspecified atom stereocenters. The van der Waals surface area contributed by atoms with E-state index in [1.54, 1.807) is 6.07 Å². The van der Waals surface area contributed by atoms with E-state index in [0.717, 1.165) is 35.2 Å². The third kappa shape index (κ3) is 2.34. The number of benzene rings is 1. The quantitative estimate of drug-likeness (QED) is 0.728. The second-order valence-electron chi connectivity index (χ2n) is 5.93. The summed E-state index contributed by atoms with van der Waals surface area (Å²) in [5, 5.41) is 4.17. The largest absolute Gasteiger partial charge is 0.358 e. The number of imide groups is 1. The topological polar surface area (TPSA) is 94.3 Å². The Kier molecular flexibility index (Phi) is 3.07. The number of amides is 4. The summed E-state index contributed by atoms with van der Waals surface area (Å²) >= 11 is 0. The predicted molar refractivity (Wildman–Crippen MR) is 82.7 cm³/mol. The van der Waals surface area contributed by atoms with Crippen LogP contribution >= 0.6 is 0 Å². The fourth-order valence-corrected chi connectivity index (χ4v) is 3.27. The second kappa shape index (κ2) is 5.12. The number of hydrogen-bond donors (Lipinski definition) is 3. The van der Waals surface area contributed by atoms with Crippen LogP contribution in [0.1, 0.15) is 34.5 Å². The minimum absolute atomic E-state index is 0.160. The van der Waals surface area contributed by atoms with Crippen LogP contribution in [0.25, 0.3) is 10.9 Å². The Balaban J connectivity index is 1.62. The normalized spacial score (nSPS) is 17.3. The van der Waals surface area contributed by atoms with E-state index in [4.69, 9.17) is 0 Å². The van der Waals surface area contributed by atoms with Crippen LogP contribution in [0.5, 0.6) is 0 Å². The molecule has 23 heavy (non-hydrogen) atoms. The van der Waals surface area contributed by atoms with Crippen molar-refractivity contribution in [2.45, 2.75) is 25.7 Å². The molecule has 2 heterocycles. The molecule has 0 atom stereocenters. The molecular formula is C16H16N4O3. The number of fused-ring (bicyclic) bond motifs is 3. The van der Waals surface area contributed by atoms with E-state index in [9.17, 15) is 14.4 Å². The molecule has 7 heteroatoms. The molecule has 1 aliphatic heterocycles. The number of H-pyrrole nitrogens is 1. The molecule has 4 rings (SSSR count). The monoisotopic (exact) mass is 312 g/mol. The summed E-state index contributed by atoms with van der Waals surface area (Å²) in [5.41, 5.74) is 6.51. The summed E-state index contributed by atoms with van der Waals surface area (Å²) in [5.74, 6) is -0.826. The first-order chi connectivity index (χ1) is 11.1. The van der Waals surface area contributed by atoms with Crippen LogP contribution in [0, 0.1) is 0 Å². The fourth-order valence-electron chi connectivity index (χ4n) is 3.27. The van der Waals surface area contributed by atoms with Gasteiger partial charge < -0.3 is 4.98 Å². The van der Waals surface area contributed by atoms with Gasteiger partial charge in [0.2, 0.25) is 5.91 Å². The van der Waals surface area contributed by atoms with Gasteiger partial charge in [-0.05, 0) is 49.4 Å². The lowest BCUT2D eigenvalue weighted by molar-refractivity contribution is -0.118. The van der Waals surface area contributed by atoms with Crippen molar-refractivity contribution in [2.75, 3.05) is 6.54 Å². The molecule has 1 fully saturated rings. The molecule has 0 saturated carbocycles. The zero-order valence-electron chi connectivity index (χ0n) is 12.4. The standard InChI is InChI=1S/C16H16N4O3/c21-14-8-20(16(23)18-14)19-15(22)9-5-6-13-11(7-9)10-3-1-2-4-12(10)17-13/h5-7,17H,1-4,8H2,(H,19,22)(H,18,21,23). The average Bonchev–Trinajstić information content (AvgIpc) is 3.06. The molecule has 1 aliphatic carbocycles. The zero-order chi connectivity index (χ0) is 16.0. The van der Waals surface area contributed by atoms with Crippen LogP contribution in [-0.2, 0) is 17.6 Å². The lowest BCUT2D eigenvalue weighted by atomic mass is 9.95. The molecule has 118 valence electrons. The number of rotatable bonds is 2. The van der Waals surface area contributed by atoms with Crippen molar-refractivity contribution in [3.05, 3.63) is 35.0 Å². The lowest BCUT2D eigenvalue weighted by Gasteiger charge is -2.14. The summed E-state index contributed by atoms with van der Waals surface area (Å²) in [6.07, 6.45) is 4.41. The van der Waals surface area contributed by atoms with Gasteiger partial charge in [0, 0.05) is 22.2 Å². The Morgan fingerprint density at radius 2 is 2.00 bits per heavy atom. The van der Waals surface area contributed by atoms with Crippen LogP contribution in [-0.4, -0.2) is 34.4 Å². The number of aromatic nitrogens is 1. The van der Waals surface area contributed by atoms with E-state index in [1.807, 2.05) is 12.1 Å². The lowest BCUT2D eigenvalue weighted by Crippen LogP contribution is -2.44. The van der Waals surface area contributed by atoms with Crippen molar-refractivity contribution in [3.63, 3.8) is 0 Å². The van der Waals surface area contributed by atoms with Gasteiger partial charge in [-0.25, -0.2) is 9.80 Å². The number of carbonyl (C=O) groups is 3. The van der Waals surface area contributed by atoms with E-state index >= 15 is 0 Å². The SMILES string of the molecule is O=C1CN(NC(=O)c2ccc3[nH]c4c(c3c2)CCCC4)C(=O)N1. The van der Waals surface area contributed by atoms with Crippen molar-refractivity contribution in [1.82, 2.24) is 20.7 Å². The van der Waals surface area contributed by atoms with Crippen LogP contribution in [0.15, 0.2) is 18.2 Å². The van der Waals surface area contributed by atoms with Crippen molar-refractivity contribution in [3.8, 4) is 0 Å². The predicted octanol–water partition coefficient (Wildman–Crippen LogP) is 1.24. The van der Waals surface area contributed by atoms with Gasteiger partial charge in [0.1, 0.15) is 6.54 Å². The Labute approximate surface area is 132 Å². The summed E-state index contributed by atoms with van der Waals surface area (Å²) < 4.78 is 0. The van der Waals surface area contributed by atoms with E-state index in [1.165, 1.54) is 17.7 Å². The first kappa shape index (κ1) is 13.8. The number of nitrogens with one attached hydrogen (secondary N) is 3. The van der Waals surface area contributed by atoms with Gasteiger partial charge in [-0.1, -0.05) is 0 Å². The smallest absolute Gasteiger partial charge is 0.343 e. The van der Waals surface area contributed by atoms with E-state index in [-0.39, 0.29) is 6.54 Å². The number of hydrazine groups is 1. The summed E-state index contributed by atoms with van der Waals surface area (Å²) in [7, 11) is 0. The number of aromatic amines is 1. The van der Waals surface area contributed by atoms with Crippen molar-refractivity contribution in [1.29, 1.82) is 0 Å². The van der Waals surface area contributed by atoms with Gasteiger partial charge in [0.25, 0.3) is 5.91 Å². The van der Waals surface area contributed by atoms with Crippen molar-refractivity contribution in [2.24, 2.45) is 0 Å². The zero-order valence-corrected chi connectivity index (χ0v) is 12.4. The molecule has 0 bridgehead atoms. The molecule has 1 saturated heterocycles. The molecule has 7 nitrogen and oxygen atoms in total. The Bertz CT molecular complexity index is 839. The highest BCUT2D eigenvalue weighted by Crippen LogP contribution is 2.29. The third-order valence-corrected chi connectivity index (χ3v) is 4.39. The van der Waals surface area contributed by atoms with Gasteiger partial charge >= 0.3 is 6.03 Å². The summed E-state index contributed by atoms with van der Waals surface area (Å²) in [6.45, 7) is -0.160. The summed E-state index contributed by atoms with van der Waals surface area (Å²) in [4.78, 5) is 38.4. The summed E-state index contributed by atoms with van der Waals surface area (Å²) in [6, 6.07) is 4.84. The molecule has 2 aromatic rings. The first-order valence-corrected chi connectivity index (χ1v) is 7.67. The van der Waals surface area contributed by atoms with E-state index < -0.39 is 17.8 Å². The van der Waals surface area contributed by atoms with Crippen LogP contribution < -0.4 is 10.7 Å². The number of urea groups is 1. The highest BCUT2D eigenvalue weighted by Gasteiger charge is 2.28. The second-order valence-corrected chi connectivity index (χ2v) is 5.93. The molecule has 0 radical (unpaired) electrons. The molecule has 3 N–H and O–H groups in total. The molecule has 0 spiro atoms. The molecule has 1 aromatic heterocycles. The maximum atomic E-state index is 12.3. The third-order valence-electron chi connectivity index (χ3n) is 4.39. The highest BCUT2D eigenvalue weighted by molar-refractivity contribution is 6.04. The maximum absolute atomic E-state index is 12.3. The first-order valence-electron chi connectivity index (χ1n) is 7.67. The maximum Gasteiger partial charge on any atom is 0.343 e. The minimum Gasteiger partial charge on any atom is -0.358 e. The van der Waals surface area contributed by atoms with Crippen molar-refractivity contribution >= 4 is 28.7 Å². The molecule has 2 aliphatic rings. The fraction of sp³-hybridized carbons (Fsp3) is 0.312. The Hall–Kier alpha value is -2.83. The van der Waals surface area contributed by atoms with Crippen LogP contribution in [0.2, 0.25) is 0 Å². The highest BCUT2D eigenvalue weighted by atomic mass is 16.2. The van der Waals surface area contributed by atoms with Crippen LogP contribution in [0.4, 0.5) is 4.79 Å². The van der Waals surface area contributed by atoms with Crippen molar-refractivity contribution < 1.29 is 14.4 Å². The minimum atomic E-state index is -0.608. The Morgan fingerprint density at radius 1 is 1.17 bits per heavy atom. The average molecular weight is 312 g/mol. The van der Waals surface area contributed by atoms with Gasteiger partial charge in [-0.3, -0.25) is 20.3 Å². The number of aryl methyl sites for hydroxylation is 2. The van der Waals surface area contributed by atoms with E-state index in [0.29, 0.717) is 5.56 Å². The number of nitrogens with zero attached hydrogens (tertiary/aromatic N) is 1. The molecule has 4 amide bonds. The van der Waals surface area contributed by atoms with Crippen LogP contribution in [0.3, 0.4) is 0 Å². The van der Waals surface area contributed by atoms with Gasteiger partial charge in [-0.15, -0.1) is 0 Å². The van der Waals surface area contributed by atoms with Gasteiger partial charge in [0.15, 0.2) is 0 Å². The molecular weight excluding hydrogens is 296 g/mol. The number of carbonyl (C=O) groups excluding carboxylic acids is 3. The molecule has 1 aromatic carbocycles.